The number of halogens is 4. The fourth-order valence-electron chi connectivity index (χ4n) is 11.3. The number of carbonyl (C=O) groups excluding carboxylic acids is 4. The first kappa shape index (κ1) is 51.3. The number of hydrogen-bond donors (Lipinski definition) is 2. The first-order chi connectivity index (χ1) is 34.8. The molecule has 0 radical (unpaired) electrons. The maximum atomic E-state index is 13.4. The smallest absolute Gasteiger partial charge is 0.487 e. The fraction of sp³-hybridized carbons (Fsp3) is 0.472. The van der Waals surface area contributed by atoms with Crippen molar-refractivity contribution in [2.24, 2.45) is 5.41 Å². The van der Waals surface area contributed by atoms with Crippen LogP contribution in [-0.2, 0) is 26.4 Å². The zero-order valence-corrected chi connectivity index (χ0v) is 41.4. The fourth-order valence-corrected chi connectivity index (χ4v) is 11.6. The summed E-state index contributed by atoms with van der Waals surface area (Å²) in [5.41, 5.74) is 5.00. The third-order valence-corrected chi connectivity index (χ3v) is 15.9. The number of aliphatic carboxylic acids is 1. The number of piperazine rings is 1. The quantitative estimate of drug-likeness (QED) is 0.155. The van der Waals surface area contributed by atoms with Crippen molar-refractivity contribution in [2.45, 2.75) is 102 Å². The number of ether oxygens (including phenoxy) is 1. The second-order valence-electron chi connectivity index (χ2n) is 20.5. The van der Waals surface area contributed by atoms with Crippen molar-refractivity contribution in [3.05, 3.63) is 111 Å². The van der Waals surface area contributed by atoms with Crippen LogP contribution in [0.15, 0.2) is 72.9 Å². The van der Waals surface area contributed by atoms with Crippen molar-refractivity contribution in [3.63, 3.8) is 0 Å². The van der Waals surface area contributed by atoms with Crippen LogP contribution < -0.4 is 19.9 Å². The van der Waals surface area contributed by atoms with E-state index in [-0.39, 0.29) is 29.6 Å². The average Bonchev–Trinajstić information content (AvgIpc) is 3.62. The highest BCUT2D eigenvalue weighted by molar-refractivity contribution is 6.30. The van der Waals surface area contributed by atoms with Gasteiger partial charge in [0.15, 0.2) is 0 Å². The van der Waals surface area contributed by atoms with Crippen molar-refractivity contribution >= 4 is 52.8 Å². The molecule has 0 bridgehead atoms. The largest absolute Gasteiger partial charge is 0.490 e. The van der Waals surface area contributed by atoms with Gasteiger partial charge in [0.05, 0.1) is 28.5 Å². The lowest BCUT2D eigenvalue weighted by molar-refractivity contribution is -0.192. The molecule has 1 saturated carbocycles. The van der Waals surface area contributed by atoms with Gasteiger partial charge in [0.1, 0.15) is 18.4 Å². The molecule has 1 aromatic heterocycles. The zero-order chi connectivity index (χ0) is 51.8. The van der Waals surface area contributed by atoms with Crippen LogP contribution in [0.25, 0.3) is 0 Å². The van der Waals surface area contributed by atoms with E-state index in [0.29, 0.717) is 40.4 Å². The van der Waals surface area contributed by atoms with Crippen LogP contribution >= 0.6 is 11.6 Å². The van der Waals surface area contributed by atoms with Crippen molar-refractivity contribution in [3.8, 4) is 11.8 Å². The van der Waals surface area contributed by atoms with Crippen LogP contribution in [0, 0.1) is 16.7 Å². The highest BCUT2D eigenvalue weighted by atomic mass is 35.5. The summed E-state index contributed by atoms with van der Waals surface area (Å²) in [7, 11) is 0. The molecule has 5 fully saturated rings. The second kappa shape index (κ2) is 20.7. The molecule has 5 aliphatic heterocycles. The number of carboxylic acids is 1. The van der Waals surface area contributed by atoms with Gasteiger partial charge in [0.2, 0.25) is 17.8 Å². The number of alkyl halides is 3. The molecule has 1 aliphatic carbocycles. The summed E-state index contributed by atoms with van der Waals surface area (Å²) in [6.07, 6.45) is 4.20. The number of hydrogen-bond acceptors (Lipinski definition) is 13. The Bertz CT molecular complexity index is 2810. The molecule has 2 N–H and O–H groups in total. The Kier molecular flexibility index (Phi) is 14.6. The maximum absolute atomic E-state index is 13.4. The maximum Gasteiger partial charge on any atom is 0.490 e. The number of nitriles is 1. The number of rotatable bonds is 10. The Morgan fingerprint density at radius 3 is 2.11 bits per heavy atom. The van der Waals surface area contributed by atoms with Gasteiger partial charge < -0.3 is 24.5 Å². The van der Waals surface area contributed by atoms with Crippen LogP contribution in [0.5, 0.6) is 5.75 Å². The molecule has 10 rings (SSSR count). The number of nitrogens with zero attached hydrogens (tertiary/aromatic N) is 8. The van der Waals surface area contributed by atoms with Gasteiger partial charge in [0, 0.05) is 85.5 Å². The molecule has 20 heteroatoms. The summed E-state index contributed by atoms with van der Waals surface area (Å²) in [6.45, 7) is 12.6. The van der Waals surface area contributed by atoms with Gasteiger partial charge in [-0.15, -0.1) is 0 Å². The molecule has 6 heterocycles. The number of benzene rings is 3. The molecule has 73 heavy (non-hydrogen) atoms. The first-order valence-corrected chi connectivity index (χ1v) is 25.1. The van der Waals surface area contributed by atoms with Crippen molar-refractivity contribution in [1.29, 1.82) is 5.26 Å². The molecule has 4 saturated heterocycles. The summed E-state index contributed by atoms with van der Waals surface area (Å²) in [6, 6.07) is 23.4. The molecule has 1 spiro atoms. The number of likely N-dealkylation sites (tertiary alicyclic amines) is 1. The summed E-state index contributed by atoms with van der Waals surface area (Å²) in [4.78, 5) is 80.2. The normalized spacial score (nSPS) is 21.0. The van der Waals surface area contributed by atoms with Gasteiger partial charge in [-0.1, -0.05) is 37.6 Å². The highest BCUT2D eigenvalue weighted by Gasteiger charge is 2.48. The van der Waals surface area contributed by atoms with Crippen LogP contribution in [0.3, 0.4) is 0 Å². The predicted octanol–water partition coefficient (Wildman–Crippen LogP) is 6.98. The summed E-state index contributed by atoms with van der Waals surface area (Å²) in [5, 5.41) is 19.4. The van der Waals surface area contributed by atoms with Crippen LogP contribution in [-0.4, -0.2) is 136 Å². The number of carboxylic acid groups (broad SMARTS) is 1. The third-order valence-electron chi connectivity index (χ3n) is 15.6. The van der Waals surface area contributed by atoms with Crippen LogP contribution in [0.2, 0.25) is 5.02 Å². The second-order valence-corrected chi connectivity index (χ2v) is 20.9. The Hall–Kier alpha value is -6.62. The number of aromatic nitrogens is 2. The van der Waals surface area contributed by atoms with Gasteiger partial charge in [-0.3, -0.25) is 34.3 Å². The van der Waals surface area contributed by atoms with E-state index in [2.05, 4.69) is 61.9 Å². The average molecular weight is 1020 g/mol. The minimum absolute atomic E-state index is 0.105. The van der Waals surface area contributed by atoms with Crippen LogP contribution in [0.1, 0.15) is 108 Å². The molecule has 4 aromatic rings. The number of anilines is 2. The Morgan fingerprint density at radius 2 is 1.47 bits per heavy atom. The number of fused-ring (bicyclic) bond motifs is 1. The molecule has 384 valence electrons. The molecule has 6 aliphatic rings. The van der Waals surface area contributed by atoms with Gasteiger partial charge in [0.25, 0.3) is 11.8 Å². The first-order valence-electron chi connectivity index (χ1n) is 24.7. The lowest BCUT2D eigenvalue weighted by Gasteiger charge is -2.56. The zero-order valence-electron chi connectivity index (χ0n) is 40.7. The van der Waals surface area contributed by atoms with Gasteiger partial charge in [-0.05, 0) is 124 Å². The molecule has 16 nitrogen and oxygen atoms in total. The Labute approximate surface area is 426 Å². The number of carbonyl (C=O) groups is 5. The van der Waals surface area contributed by atoms with E-state index in [1.54, 1.807) is 12.1 Å². The summed E-state index contributed by atoms with van der Waals surface area (Å²) < 4.78 is 37.9. The van der Waals surface area contributed by atoms with E-state index in [9.17, 15) is 37.6 Å². The molecular formula is C53H57ClF3N9O7. The van der Waals surface area contributed by atoms with Gasteiger partial charge in [-0.25, -0.2) is 14.8 Å². The molecular weight excluding hydrogens is 967 g/mol. The van der Waals surface area contributed by atoms with Gasteiger partial charge >= 0.3 is 12.1 Å². The Morgan fingerprint density at radius 1 is 0.822 bits per heavy atom. The van der Waals surface area contributed by atoms with E-state index in [0.717, 1.165) is 91.5 Å². The number of imide groups is 2. The Balaban J connectivity index is 0.000000875. The monoisotopic (exact) mass is 1020 g/mol. The molecule has 4 amide bonds. The topological polar surface area (TPSA) is 193 Å². The standard InChI is InChI=1S/C51H56ClN9O5.C2HF3O2/c1-50(2,35-25-33(29-53)26-36(52)27-35)34-3-6-41(7-4-34)66-30-37-13-18-54-49(55-37)59-23-21-58(22-24-59)39-14-19-57(20-15-39)38-11-16-51(17-12-38)31-60(32-51)40-5-8-42-43(28-40)48(65)61(47(42)64)44-9-10-45(62)56-46(44)63;3-2(4,5)1(6)7/h3-8,13,18,25-28,38-39,44H,9-12,14-17,19-24,30-32H2,1-2H3,(H,56,62,63);(H,6,7). The molecule has 1 unspecified atom stereocenters. The van der Waals surface area contributed by atoms with E-state index >= 15 is 0 Å². The van der Waals surface area contributed by atoms with Crippen LogP contribution in [0.4, 0.5) is 24.8 Å². The minimum atomic E-state index is -5.08. The number of piperidine rings is 2. The number of nitrogens with one attached hydrogen (secondary N) is 1. The third kappa shape index (κ3) is 11.0. The minimum Gasteiger partial charge on any atom is -0.487 e. The highest BCUT2D eigenvalue weighted by Crippen LogP contribution is 2.47. The lowest BCUT2D eigenvalue weighted by Crippen LogP contribution is -2.60. The van der Waals surface area contributed by atoms with E-state index in [1.165, 1.54) is 38.5 Å². The van der Waals surface area contributed by atoms with E-state index in [1.807, 2.05) is 48.7 Å². The summed E-state index contributed by atoms with van der Waals surface area (Å²) in [5.74, 6) is -3.14. The van der Waals surface area contributed by atoms with E-state index in [4.69, 9.17) is 31.2 Å². The summed E-state index contributed by atoms with van der Waals surface area (Å²) >= 11 is 6.32. The SMILES string of the molecule is CC(C)(c1ccc(OCc2ccnc(N3CCN(C4CCN(C5CCC6(CC5)CN(c5ccc7c(c5)C(=O)N(C5CCC(=O)NC5=O)C7=O)C6)CC4)CC3)n2)cc1)c1cc(Cl)cc(C#N)c1.O=C(O)C(F)(F)F. The lowest BCUT2D eigenvalue weighted by atomic mass is 9.67. The molecule has 3 aromatic carbocycles. The molecule has 1 atom stereocenters. The number of amides is 4. The van der Waals surface area contributed by atoms with Gasteiger partial charge in [-0.2, -0.15) is 18.4 Å². The predicted molar refractivity (Wildman–Crippen MR) is 263 cm³/mol. The van der Waals surface area contributed by atoms with E-state index < -0.39 is 35.9 Å². The van der Waals surface area contributed by atoms with Crippen molar-refractivity contribution < 1.29 is 47.0 Å². The van der Waals surface area contributed by atoms with Crippen molar-refractivity contribution in [2.75, 3.05) is 62.2 Å². The van der Waals surface area contributed by atoms with Crippen molar-refractivity contribution in [1.82, 2.24) is 30.0 Å².